The largest absolute Gasteiger partial charge is 4.00 e. The van der Waals surface area contributed by atoms with Crippen LogP contribution in [0.25, 0.3) is 5.73 Å². The van der Waals surface area contributed by atoms with Crippen LogP contribution in [0.4, 0.5) is 0 Å². The molecule has 2 radical (unpaired) electrons. The van der Waals surface area contributed by atoms with Crippen LogP contribution in [-0.4, -0.2) is 15.4 Å². The molecule has 0 unspecified atom stereocenters. The molecule has 0 aliphatic heterocycles. The maximum Gasteiger partial charge on any atom is 4.00 e. The first-order chi connectivity index (χ1) is 10.2. The standard InChI is InChI=1S/C11H15NO.C6H7.C2H6Si.2ClH.Zr/c1-11(2,3)9-7-5-4-6-8(9)10(12)13;1-6-4-2-3-5-6;1-3-2;;;/h4-7H,1-3H3,(H2,12,13);4-5H,2H2,1H3;1-2H3;2*1H;/q;-1;;;;+4/p-3. The van der Waals surface area contributed by atoms with Crippen molar-refractivity contribution in [1.29, 1.82) is 0 Å². The summed E-state index contributed by atoms with van der Waals surface area (Å²) in [5, 5.41) is 0. The zero-order chi connectivity index (χ0) is 17.2. The molecule has 1 N–H and O–H groups in total. The number of rotatable bonds is 1. The SMILES string of the molecule is CC(C)(C)c1ccccc1C([NH-])=O.CC1=CC[C-]=C1.C[Si]C.[Cl-].[Cl-].[Zr+4]. The molecule has 0 saturated carbocycles. The molecule has 0 bridgehead atoms. The average molecular weight is 476 g/mol. The molecule has 1 aliphatic rings. The quantitative estimate of drug-likeness (QED) is 0.405. The Morgan fingerprint density at radius 2 is 1.64 bits per heavy atom. The first kappa shape index (κ1) is 32.5. The van der Waals surface area contributed by atoms with Crippen molar-refractivity contribution < 1.29 is 55.8 Å². The van der Waals surface area contributed by atoms with Crippen LogP contribution in [-0.2, 0) is 31.6 Å². The van der Waals surface area contributed by atoms with E-state index in [2.05, 4.69) is 32.2 Å². The van der Waals surface area contributed by atoms with E-state index in [1.807, 2.05) is 39.0 Å². The molecule has 1 aromatic carbocycles. The molecule has 0 spiro atoms. The van der Waals surface area contributed by atoms with E-state index in [1.165, 1.54) is 5.57 Å². The van der Waals surface area contributed by atoms with Crippen LogP contribution in [0.5, 0.6) is 0 Å². The number of hydrogen-bond acceptors (Lipinski definition) is 1. The predicted molar refractivity (Wildman–Crippen MR) is 97.5 cm³/mol. The Labute approximate surface area is 187 Å². The number of benzene rings is 1. The van der Waals surface area contributed by atoms with E-state index in [-0.39, 0.29) is 56.4 Å². The summed E-state index contributed by atoms with van der Waals surface area (Å²) in [6.07, 6.45) is 8.24. The summed E-state index contributed by atoms with van der Waals surface area (Å²) in [5.74, 6) is -0.606. The summed E-state index contributed by atoms with van der Waals surface area (Å²) in [6, 6.07) is 7.29. The van der Waals surface area contributed by atoms with E-state index in [4.69, 9.17) is 5.73 Å². The molecule has 1 aromatic rings. The van der Waals surface area contributed by atoms with Gasteiger partial charge in [-0.05, 0) is 11.0 Å². The summed E-state index contributed by atoms with van der Waals surface area (Å²) >= 11 is 0. The van der Waals surface area contributed by atoms with Crippen molar-refractivity contribution >= 4 is 15.4 Å². The fraction of sp³-hybridized carbons (Fsp3) is 0.421. The van der Waals surface area contributed by atoms with E-state index >= 15 is 0 Å². The topological polar surface area (TPSA) is 40.9 Å². The first-order valence-electron chi connectivity index (χ1n) is 7.41. The van der Waals surface area contributed by atoms with Gasteiger partial charge in [0.2, 0.25) is 0 Å². The van der Waals surface area contributed by atoms with Crippen molar-refractivity contribution in [2.75, 3.05) is 0 Å². The second-order valence-electron chi connectivity index (χ2n) is 6.13. The van der Waals surface area contributed by atoms with Crippen molar-refractivity contribution in [2.45, 2.75) is 52.6 Å². The minimum Gasteiger partial charge on any atom is -1.00 e. The monoisotopic (exact) mass is 473 g/mol. The van der Waals surface area contributed by atoms with Crippen molar-refractivity contribution in [3.8, 4) is 0 Å². The molecule has 0 heterocycles. The van der Waals surface area contributed by atoms with E-state index in [1.54, 1.807) is 12.1 Å². The van der Waals surface area contributed by atoms with Gasteiger partial charge < -0.3 is 35.3 Å². The van der Waals surface area contributed by atoms with Crippen LogP contribution in [0.2, 0.25) is 13.1 Å². The molecule has 25 heavy (non-hydrogen) atoms. The Balaban J connectivity index is -0.000000156. The van der Waals surface area contributed by atoms with Crippen LogP contribution in [0.3, 0.4) is 0 Å². The van der Waals surface area contributed by atoms with E-state index in [9.17, 15) is 4.79 Å². The van der Waals surface area contributed by atoms with Crippen LogP contribution in [0, 0.1) is 6.08 Å². The zero-order valence-electron chi connectivity index (χ0n) is 15.8. The second-order valence-corrected chi connectivity index (χ2v) is 7.13. The van der Waals surface area contributed by atoms with E-state index in [0.717, 1.165) is 21.5 Å². The van der Waals surface area contributed by atoms with Gasteiger partial charge in [0, 0.05) is 15.1 Å². The maximum absolute atomic E-state index is 11.0. The fourth-order valence-electron chi connectivity index (χ4n) is 1.83. The number of carbonyl (C=O) groups is 1. The van der Waals surface area contributed by atoms with Crippen molar-refractivity contribution in [3.05, 3.63) is 64.9 Å². The third kappa shape index (κ3) is 14.7. The van der Waals surface area contributed by atoms with E-state index in [0.29, 0.717) is 5.56 Å². The third-order valence-corrected chi connectivity index (χ3v) is 2.85. The number of halogens is 2. The Morgan fingerprint density at radius 3 is 1.88 bits per heavy atom. The van der Waals surface area contributed by atoms with Gasteiger partial charge in [-0.2, -0.15) is 6.08 Å². The van der Waals surface area contributed by atoms with Gasteiger partial charge in [-0.25, -0.2) is 11.6 Å². The number of nitrogens with one attached hydrogen (secondary N) is 1. The second kappa shape index (κ2) is 17.3. The van der Waals surface area contributed by atoms with Gasteiger partial charge in [-0.1, -0.05) is 58.1 Å². The minimum absolute atomic E-state index is 0. The van der Waals surface area contributed by atoms with Crippen molar-refractivity contribution in [1.82, 2.24) is 0 Å². The van der Waals surface area contributed by atoms with Gasteiger partial charge in [0.05, 0.1) is 5.91 Å². The molecule has 0 atom stereocenters. The molecular formula is C19H27Cl2NOSiZr. The van der Waals surface area contributed by atoms with Crippen molar-refractivity contribution in [3.63, 3.8) is 0 Å². The number of carbonyl (C=O) groups excluding carboxylic acids is 1. The summed E-state index contributed by atoms with van der Waals surface area (Å²) in [6.45, 7) is 12.5. The van der Waals surface area contributed by atoms with Crippen LogP contribution in [0.15, 0.2) is 42.0 Å². The van der Waals surface area contributed by atoms with Crippen LogP contribution < -0.4 is 24.8 Å². The Kier molecular flexibility index (Phi) is 22.5. The van der Waals surface area contributed by atoms with Gasteiger partial charge in [-0.15, -0.1) is 13.3 Å². The molecule has 2 nitrogen and oxygen atoms in total. The maximum atomic E-state index is 11.0. The number of hydrogen-bond donors (Lipinski definition) is 0. The number of allylic oxidation sites excluding steroid dienone is 4. The smallest absolute Gasteiger partial charge is 1.00 e. The summed E-state index contributed by atoms with van der Waals surface area (Å²) in [7, 11) is 1.08. The van der Waals surface area contributed by atoms with Gasteiger partial charge in [0.25, 0.3) is 0 Å². The molecule has 0 fully saturated rings. The Bertz CT molecular complexity index is 538. The molecular weight excluding hydrogens is 448 g/mol. The van der Waals surface area contributed by atoms with Gasteiger partial charge >= 0.3 is 26.2 Å². The molecule has 0 aromatic heterocycles. The van der Waals surface area contributed by atoms with Crippen LogP contribution >= 0.6 is 0 Å². The molecule has 6 heteroatoms. The summed E-state index contributed by atoms with van der Waals surface area (Å²) < 4.78 is 0. The van der Waals surface area contributed by atoms with Crippen LogP contribution in [0.1, 0.15) is 50.0 Å². The molecule has 1 aliphatic carbocycles. The predicted octanol–water partition coefficient (Wildman–Crippen LogP) is -0.335. The number of amides is 1. The first-order valence-corrected chi connectivity index (χ1v) is 9.41. The third-order valence-electron chi connectivity index (χ3n) is 2.85. The normalized spacial score (nSPS) is 11.0. The Morgan fingerprint density at radius 1 is 1.16 bits per heavy atom. The van der Waals surface area contributed by atoms with Gasteiger partial charge in [0.15, 0.2) is 0 Å². The summed E-state index contributed by atoms with van der Waals surface area (Å²) in [4.78, 5) is 11.0. The average Bonchev–Trinajstić information content (AvgIpc) is 2.90. The molecule has 2 rings (SSSR count). The Hall–Kier alpha value is -0.150. The zero-order valence-corrected chi connectivity index (χ0v) is 20.8. The fourth-order valence-corrected chi connectivity index (χ4v) is 1.83. The molecule has 136 valence electrons. The molecule has 0 saturated heterocycles. The van der Waals surface area contributed by atoms with Gasteiger partial charge in [-0.3, -0.25) is 6.08 Å². The molecule has 1 amide bonds. The van der Waals surface area contributed by atoms with Gasteiger partial charge in [0.1, 0.15) is 0 Å². The van der Waals surface area contributed by atoms with Crippen molar-refractivity contribution in [2.24, 2.45) is 0 Å². The summed E-state index contributed by atoms with van der Waals surface area (Å²) in [5.41, 5.74) is 9.82. The van der Waals surface area contributed by atoms with E-state index < -0.39 is 5.91 Å². The minimum atomic E-state index is -0.606.